The van der Waals surface area contributed by atoms with Gasteiger partial charge in [0, 0.05) is 28.7 Å². The van der Waals surface area contributed by atoms with Crippen molar-refractivity contribution in [2.75, 3.05) is 6.54 Å². The fourth-order valence-corrected chi connectivity index (χ4v) is 3.55. The maximum atomic E-state index is 3.41. The van der Waals surface area contributed by atoms with E-state index in [-0.39, 0.29) is 0 Å². The molecule has 1 N–H and O–H groups in total. The van der Waals surface area contributed by atoms with Crippen molar-refractivity contribution in [3.05, 3.63) is 36.0 Å². The Morgan fingerprint density at radius 2 is 2.11 bits per heavy atom. The van der Waals surface area contributed by atoms with Gasteiger partial charge >= 0.3 is 0 Å². The summed E-state index contributed by atoms with van der Waals surface area (Å²) in [6.07, 6.45) is 4.76. The molecule has 0 spiro atoms. The number of aromatic amines is 1. The zero-order chi connectivity index (χ0) is 12.8. The molecule has 0 amide bonds. The van der Waals surface area contributed by atoms with E-state index in [1.807, 2.05) is 0 Å². The lowest BCUT2D eigenvalue weighted by Crippen LogP contribution is -2.39. The van der Waals surface area contributed by atoms with Gasteiger partial charge in [-0.05, 0) is 44.9 Å². The lowest BCUT2D eigenvalue weighted by atomic mass is 10.0. The molecule has 1 fully saturated rings. The van der Waals surface area contributed by atoms with E-state index in [1.54, 1.807) is 0 Å². The standard InChI is InChI=1S/C16H22N2/c1-4-18-15(9-10-16(18,2)3)13-11-17-14-8-6-5-7-12(13)14/h5-8,11,15,17H,4,9-10H2,1-3H3. The number of hydrogen-bond acceptors (Lipinski definition) is 1. The first-order valence-corrected chi connectivity index (χ1v) is 6.96. The normalized spacial score (nSPS) is 23.8. The summed E-state index contributed by atoms with van der Waals surface area (Å²) in [4.78, 5) is 6.05. The van der Waals surface area contributed by atoms with Gasteiger partial charge in [0.1, 0.15) is 0 Å². The second-order valence-corrected chi connectivity index (χ2v) is 5.94. The van der Waals surface area contributed by atoms with Crippen LogP contribution >= 0.6 is 0 Å². The van der Waals surface area contributed by atoms with Gasteiger partial charge in [0.15, 0.2) is 0 Å². The lowest BCUT2D eigenvalue weighted by molar-refractivity contribution is 0.138. The van der Waals surface area contributed by atoms with Crippen LogP contribution in [0.2, 0.25) is 0 Å². The van der Waals surface area contributed by atoms with Crippen LogP contribution in [0.25, 0.3) is 10.9 Å². The Morgan fingerprint density at radius 3 is 2.89 bits per heavy atom. The van der Waals surface area contributed by atoms with Gasteiger partial charge in [-0.1, -0.05) is 25.1 Å². The van der Waals surface area contributed by atoms with Gasteiger partial charge in [0.25, 0.3) is 0 Å². The highest BCUT2D eigenvalue weighted by molar-refractivity contribution is 5.83. The molecule has 1 aromatic carbocycles. The van der Waals surface area contributed by atoms with Gasteiger partial charge in [-0.3, -0.25) is 4.90 Å². The quantitative estimate of drug-likeness (QED) is 0.840. The van der Waals surface area contributed by atoms with E-state index in [2.05, 4.69) is 61.1 Å². The highest BCUT2D eigenvalue weighted by Gasteiger charge is 2.39. The van der Waals surface area contributed by atoms with Crippen molar-refractivity contribution in [3.63, 3.8) is 0 Å². The van der Waals surface area contributed by atoms with Crippen LogP contribution < -0.4 is 0 Å². The number of H-pyrrole nitrogens is 1. The lowest BCUT2D eigenvalue weighted by Gasteiger charge is -2.34. The first-order valence-electron chi connectivity index (χ1n) is 6.96. The summed E-state index contributed by atoms with van der Waals surface area (Å²) in [5.74, 6) is 0. The summed E-state index contributed by atoms with van der Waals surface area (Å²) < 4.78 is 0. The van der Waals surface area contributed by atoms with E-state index >= 15 is 0 Å². The highest BCUT2D eigenvalue weighted by atomic mass is 15.2. The summed E-state index contributed by atoms with van der Waals surface area (Å²) in [6, 6.07) is 9.20. The molecule has 2 heteroatoms. The molecule has 96 valence electrons. The SMILES string of the molecule is CCN1C(c2c[nH]c3ccccc23)CCC1(C)C. The summed E-state index contributed by atoms with van der Waals surface area (Å²) in [6.45, 7) is 8.13. The van der Waals surface area contributed by atoms with E-state index in [9.17, 15) is 0 Å². The van der Waals surface area contributed by atoms with Crippen molar-refractivity contribution in [1.82, 2.24) is 9.88 Å². The minimum atomic E-state index is 0.331. The number of benzene rings is 1. The van der Waals surface area contributed by atoms with E-state index < -0.39 is 0 Å². The highest BCUT2D eigenvalue weighted by Crippen LogP contribution is 2.43. The van der Waals surface area contributed by atoms with Crippen molar-refractivity contribution in [3.8, 4) is 0 Å². The Morgan fingerprint density at radius 1 is 1.33 bits per heavy atom. The van der Waals surface area contributed by atoms with Gasteiger partial charge in [-0.15, -0.1) is 0 Å². The molecule has 0 saturated carbocycles. The predicted molar refractivity (Wildman–Crippen MR) is 76.7 cm³/mol. The maximum absolute atomic E-state index is 3.41. The third-order valence-electron chi connectivity index (χ3n) is 4.50. The molecule has 1 saturated heterocycles. The Bertz CT molecular complexity index is 553. The second-order valence-electron chi connectivity index (χ2n) is 5.94. The van der Waals surface area contributed by atoms with Crippen molar-refractivity contribution >= 4 is 10.9 Å². The van der Waals surface area contributed by atoms with Crippen LogP contribution in [0.15, 0.2) is 30.5 Å². The number of likely N-dealkylation sites (tertiary alicyclic amines) is 1. The van der Waals surface area contributed by atoms with Crippen LogP contribution in [0.3, 0.4) is 0 Å². The first-order chi connectivity index (χ1) is 8.63. The van der Waals surface area contributed by atoms with Crippen LogP contribution in [0.5, 0.6) is 0 Å². The molecule has 0 radical (unpaired) electrons. The molecule has 2 heterocycles. The third-order valence-corrected chi connectivity index (χ3v) is 4.50. The fourth-order valence-electron chi connectivity index (χ4n) is 3.55. The molecule has 18 heavy (non-hydrogen) atoms. The average molecular weight is 242 g/mol. The molecule has 2 nitrogen and oxygen atoms in total. The van der Waals surface area contributed by atoms with Crippen molar-refractivity contribution < 1.29 is 0 Å². The number of nitrogens with one attached hydrogen (secondary N) is 1. The van der Waals surface area contributed by atoms with Crippen molar-refractivity contribution in [2.45, 2.75) is 45.2 Å². The Hall–Kier alpha value is -1.28. The zero-order valence-corrected chi connectivity index (χ0v) is 11.5. The smallest absolute Gasteiger partial charge is 0.0457 e. The monoisotopic (exact) mass is 242 g/mol. The maximum Gasteiger partial charge on any atom is 0.0457 e. The number of aromatic nitrogens is 1. The summed E-state index contributed by atoms with van der Waals surface area (Å²) >= 11 is 0. The Labute approximate surface area is 109 Å². The van der Waals surface area contributed by atoms with Gasteiger partial charge in [-0.25, -0.2) is 0 Å². The molecule has 2 aromatic rings. The number of rotatable bonds is 2. The summed E-state index contributed by atoms with van der Waals surface area (Å²) in [7, 11) is 0. The molecular formula is C16H22N2. The van der Waals surface area contributed by atoms with E-state index in [0.29, 0.717) is 11.6 Å². The second kappa shape index (κ2) is 4.13. The number of para-hydroxylation sites is 1. The van der Waals surface area contributed by atoms with Crippen LogP contribution in [0.1, 0.15) is 45.2 Å². The van der Waals surface area contributed by atoms with Gasteiger partial charge in [0.2, 0.25) is 0 Å². The van der Waals surface area contributed by atoms with Crippen molar-refractivity contribution in [2.24, 2.45) is 0 Å². The van der Waals surface area contributed by atoms with E-state index in [4.69, 9.17) is 0 Å². The molecular weight excluding hydrogens is 220 g/mol. The van der Waals surface area contributed by atoms with E-state index in [1.165, 1.54) is 29.3 Å². The molecule has 1 aliphatic rings. The Balaban J connectivity index is 2.05. The number of nitrogens with zero attached hydrogens (tertiary/aromatic N) is 1. The molecule has 1 aliphatic heterocycles. The van der Waals surface area contributed by atoms with Crippen LogP contribution in [-0.2, 0) is 0 Å². The van der Waals surface area contributed by atoms with Crippen LogP contribution in [0, 0.1) is 0 Å². The molecule has 0 aliphatic carbocycles. The van der Waals surface area contributed by atoms with Crippen LogP contribution in [-0.4, -0.2) is 22.0 Å². The minimum Gasteiger partial charge on any atom is -0.361 e. The van der Waals surface area contributed by atoms with Gasteiger partial charge in [-0.2, -0.15) is 0 Å². The predicted octanol–water partition coefficient (Wildman–Crippen LogP) is 4.10. The fraction of sp³-hybridized carbons (Fsp3) is 0.500. The zero-order valence-electron chi connectivity index (χ0n) is 11.5. The first kappa shape index (κ1) is 11.8. The minimum absolute atomic E-state index is 0.331. The number of hydrogen-bond donors (Lipinski definition) is 1. The average Bonchev–Trinajstić information content (AvgIpc) is 2.89. The third kappa shape index (κ3) is 1.67. The van der Waals surface area contributed by atoms with E-state index in [0.717, 1.165) is 6.54 Å². The van der Waals surface area contributed by atoms with Crippen molar-refractivity contribution in [1.29, 1.82) is 0 Å². The largest absolute Gasteiger partial charge is 0.361 e. The molecule has 1 aromatic heterocycles. The summed E-state index contributed by atoms with van der Waals surface area (Å²) in [5, 5.41) is 1.39. The summed E-state index contributed by atoms with van der Waals surface area (Å²) in [5.41, 5.74) is 3.06. The van der Waals surface area contributed by atoms with Gasteiger partial charge < -0.3 is 4.98 Å². The molecule has 3 rings (SSSR count). The molecule has 0 bridgehead atoms. The topological polar surface area (TPSA) is 19.0 Å². The van der Waals surface area contributed by atoms with Crippen LogP contribution in [0.4, 0.5) is 0 Å². The molecule has 1 atom stereocenters. The van der Waals surface area contributed by atoms with Gasteiger partial charge in [0.05, 0.1) is 0 Å². The Kier molecular flexibility index (Phi) is 2.70. The number of fused-ring (bicyclic) bond motifs is 1. The molecule has 1 unspecified atom stereocenters.